The zero-order valence-electron chi connectivity index (χ0n) is 15.1. The van der Waals surface area contributed by atoms with Crippen molar-refractivity contribution >= 4 is 21.7 Å². The van der Waals surface area contributed by atoms with E-state index in [-0.39, 0.29) is 29.2 Å². The van der Waals surface area contributed by atoms with Crippen molar-refractivity contribution in [2.45, 2.75) is 17.7 Å². The molecule has 3 rings (SSSR count). The van der Waals surface area contributed by atoms with Crippen molar-refractivity contribution in [3.63, 3.8) is 0 Å². The van der Waals surface area contributed by atoms with Crippen molar-refractivity contribution in [3.05, 3.63) is 60.2 Å². The predicted molar refractivity (Wildman–Crippen MR) is 101 cm³/mol. The first-order valence-corrected chi connectivity index (χ1v) is 10.4. The second kappa shape index (κ2) is 8.66. The highest BCUT2D eigenvalue weighted by molar-refractivity contribution is 7.89. The maximum Gasteiger partial charge on any atom is 0.321 e. The molecule has 0 aromatic heterocycles. The van der Waals surface area contributed by atoms with Gasteiger partial charge in [0.15, 0.2) is 0 Å². The van der Waals surface area contributed by atoms with E-state index in [1.807, 2.05) is 0 Å². The second-order valence-electron chi connectivity index (χ2n) is 6.65. The molecule has 1 fully saturated rings. The zero-order chi connectivity index (χ0) is 20.1. The summed E-state index contributed by atoms with van der Waals surface area (Å²) in [4.78, 5) is 13.5. The fourth-order valence-electron chi connectivity index (χ4n) is 3.04. The van der Waals surface area contributed by atoms with Crippen LogP contribution in [0.4, 0.5) is 19.3 Å². The number of sulfonamides is 1. The Kier molecular flexibility index (Phi) is 6.25. The zero-order valence-corrected chi connectivity index (χ0v) is 15.9. The first-order valence-electron chi connectivity index (χ1n) is 8.91. The topological polar surface area (TPSA) is 78.5 Å². The van der Waals surface area contributed by atoms with Gasteiger partial charge in [-0.15, -0.1) is 0 Å². The van der Waals surface area contributed by atoms with Gasteiger partial charge in [-0.1, -0.05) is 12.1 Å². The number of hydrogen-bond acceptors (Lipinski definition) is 3. The van der Waals surface area contributed by atoms with Crippen LogP contribution in [-0.4, -0.2) is 39.0 Å². The van der Waals surface area contributed by atoms with Gasteiger partial charge in [0.05, 0.1) is 0 Å². The summed E-state index contributed by atoms with van der Waals surface area (Å²) in [6.45, 7) is 1.13. The first kappa shape index (κ1) is 20.2. The van der Waals surface area contributed by atoms with Crippen LogP contribution in [-0.2, 0) is 10.0 Å². The molecule has 150 valence electrons. The summed E-state index contributed by atoms with van der Waals surface area (Å²) in [5.74, 6) is -1.12. The van der Waals surface area contributed by atoms with E-state index in [1.54, 1.807) is 4.90 Å². The average Bonchev–Trinajstić information content (AvgIpc) is 2.69. The molecule has 1 aliphatic heterocycles. The maximum atomic E-state index is 13.7. The van der Waals surface area contributed by atoms with Gasteiger partial charge >= 0.3 is 6.03 Å². The third-order valence-electron chi connectivity index (χ3n) is 4.69. The number of carbonyl (C=O) groups excluding carboxylic acids is 1. The van der Waals surface area contributed by atoms with Crippen molar-refractivity contribution < 1.29 is 22.0 Å². The second-order valence-corrected chi connectivity index (χ2v) is 8.39. The number of anilines is 1. The summed E-state index contributed by atoms with van der Waals surface area (Å²) >= 11 is 0. The van der Waals surface area contributed by atoms with E-state index in [1.165, 1.54) is 42.5 Å². The molecular formula is C19H21F2N3O3S. The van der Waals surface area contributed by atoms with E-state index in [0.717, 1.165) is 6.07 Å². The van der Waals surface area contributed by atoms with Crippen LogP contribution in [0, 0.1) is 17.6 Å². The van der Waals surface area contributed by atoms with E-state index >= 15 is 0 Å². The lowest BCUT2D eigenvalue weighted by Crippen LogP contribution is -2.43. The molecule has 0 saturated carbocycles. The van der Waals surface area contributed by atoms with Gasteiger partial charge in [-0.05, 0) is 55.2 Å². The maximum absolute atomic E-state index is 13.7. The summed E-state index contributed by atoms with van der Waals surface area (Å²) in [6, 6.07) is 10.4. The van der Waals surface area contributed by atoms with Crippen molar-refractivity contribution in [2.24, 2.45) is 5.92 Å². The Labute approximate surface area is 162 Å². The lowest BCUT2D eigenvalue weighted by atomic mass is 9.97. The lowest BCUT2D eigenvalue weighted by molar-refractivity contribution is 0.183. The summed E-state index contributed by atoms with van der Waals surface area (Å²) in [5, 5.41) is 2.70. The number of rotatable bonds is 5. The Morgan fingerprint density at radius 3 is 2.32 bits per heavy atom. The molecule has 0 radical (unpaired) electrons. The smallest absolute Gasteiger partial charge is 0.321 e. The van der Waals surface area contributed by atoms with Gasteiger partial charge in [-0.25, -0.2) is 26.7 Å². The Hall–Kier alpha value is -2.52. The number of likely N-dealkylation sites (tertiary alicyclic amines) is 1. The molecule has 6 nitrogen and oxygen atoms in total. The van der Waals surface area contributed by atoms with Crippen molar-refractivity contribution in [2.75, 3.05) is 25.0 Å². The molecule has 0 atom stereocenters. The van der Waals surface area contributed by atoms with Crippen LogP contribution in [0.5, 0.6) is 0 Å². The van der Waals surface area contributed by atoms with Crippen LogP contribution < -0.4 is 10.0 Å². The molecule has 0 aliphatic carbocycles. The molecular weight excluding hydrogens is 388 g/mol. The molecule has 0 spiro atoms. The highest BCUT2D eigenvalue weighted by Gasteiger charge is 2.25. The molecule has 1 aliphatic rings. The molecule has 0 unspecified atom stereocenters. The molecule has 0 bridgehead atoms. The number of urea groups is 1. The van der Waals surface area contributed by atoms with E-state index in [4.69, 9.17) is 0 Å². The fourth-order valence-corrected chi connectivity index (χ4v) is 4.24. The van der Waals surface area contributed by atoms with Gasteiger partial charge in [0.25, 0.3) is 0 Å². The van der Waals surface area contributed by atoms with Crippen molar-refractivity contribution in [3.8, 4) is 0 Å². The number of benzene rings is 2. The van der Waals surface area contributed by atoms with Crippen molar-refractivity contribution in [1.82, 2.24) is 9.62 Å². The SMILES string of the molecule is O=C(Nc1ccc(F)cc1)N1CCC(CNS(=O)(=O)c2ccccc2F)CC1. The Balaban J connectivity index is 1.48. The van der Waals surface area contributed by atoms with Crippen LogP contribution >= 0.6 is 0 Å². The standard InChI is InChI=1S/C19H21F2N3O3S/c20-15-5-7-16(8-6-15)23-19(25)24-11-9-14(10-12-24)13-22-28(26,27)18-4-2-1-3-17(18)21/h1-8,14,22H,9-13H2,(H,23,25). The lowest BCUT2D eigenvalue weighted by Gasteiger charge is -2.32. The third-order valence-corrected chi connectivity index (χ3v) is 6.14. The molecule has 9 heteroatoms. The number of halogens is 2. The number of carbonyl (C=O) groups is 1. The molecule has 2 aromatic rings. The van der Waals surface area contributed by atoms with E-state index in [9.17, 15) is 22.0 Å². The van der Waals surface area contributed by atoms with Crippen LogP contribution in [0.3, 0.4) is 0 Å². The molecule has 1 heterocycles. The molecule has 28 heavy (non-hydrogen) atoms. The van der Waals surface area contributed by atoms with Gasteiger partial charge in [-0.2, -0.15) is 0 Å². The minimum Gasteiger partial charge on any atom is -0.325 e. The number of nitrogens with zero attached hydrogens (tertiary/aromatic N) is 1. The Morgan fingerprint density at radius 2 is 1.68 bits per heavy atom. The number of piperidine rings is 1. The number of hydrogen-bond donors (Lipinski definition) is 2. The molecule has 2 amide bonds. The molecule has 1 saturated heterocycles. The summed E-state index contributed by atoms with van der Waals surface area (Å²) in [6.07, 6.45) is 1.24. The fraction of sp³-hybridized carbons (Fsp3) is 0.316. The first-order chi connectivity index (χ1) is 13.3. The highest BCUT2D eigenvalue weighted by Crippen LogP contribution is 2.19. The summed E-state index contributed by atoms with van der Waals surface area (Å²) in [5.41, 5.74) is 0.506. The van der Waals surface area contributed by atoms with E-state index in [0.29, 0.717) is 31.6 Å². The average molecular weight is 409 g/mol. The summed E-state index contributed by atoms with van der Waals surface area (Å²) in [7, 11) is -3.91. The highest BCUT2D eigenvalue weighted by atomic mass is 32.2. The van der Waals surface area contributed by atoms with Gasteiger partial charge in [0.2, 0.25) is 10.0 Å². The molecule has 2 N–H and O–H groups in total. The van der Waals surface area contributed by atoms with Crippen LogP contribution in [0.2, 0.25) is 0 Å². The summed E-state index contributed by atoms with van der Waals surface area (Å²) < 4.78 is 53.6. The Morgan fingerprint density at radius 1 is 1.04 bits per heavy atom. The largest absolute Gasteiger partial charge is 0.325 e. The molecule has 2 aromatic carbocycles. The minimum atomic E-state index is -3.91. The van der Waals surface area contributed by atoms with Gasteiger partial charge in [-0.3, -0.25) is 0 Å². The van der Waals surface area contributed by atoms with Crippen molar-refractivity contribution in [1.29, 1.82) is 0 Å². The van der Waals surface area contributed by atoms with Gasteiger partial charge < -0.3 is 10.2 Å². The quantitative estimate of drug-likeness (QED) is 0.796. The van der Waals surface area contributed by atoms with Gasteiger partial charge in [0.1, 0.15) is 16.5 Å². The Bertz CT molecular complexity index is 928. The van der Waals surface area contributed by atoms with Crippen LogP contribution in [0.15, 0.2) is 53.4 Å². The minimum absolute atomic E-state index is 0.0522. The number of amides is 2. The van der Waals surface area contributed by atoms with Crippen LogP contribution in [0.25, 0.3) is 0 Å². The third kappa shape index (κ3) is 5.05. The number of nitrogens with one attached hydrogen (secondary N) is 2. The normalized spacial score (nSPS) is 15.4. The monoisotopic (exact) mass is 409 g/mol. The van der Waals surface area contributed by atoms with E-state index < -0.39 is 15.8 Å². The van der Waals surface area contributed by atoms with Gasteiger partial charge in [0, 0.05) is 25.3 Å². The predicted octanol–water partition coefficient (Wildman–Crippen LogP) is 3.19. The van der Waals surface area contributed by atoms with E-state index in [2.05, 4.69) is 10.0 Å². The van der Waals surface area contributed by atoms with Crippen LogP contribution in [0.1, 0.15) is 12.8 Å².